The van der Waals surface area contributed by atoms with Crippen molar-refractivity contribution in [3.63, 3.8) is 0 Å². The van der Waals surface area contributed by atoms with Gasteiger partial charge in [-0.1, -0.05) is 13.8 Å². The first-order valence-electron chi connectivity index (χ1n) is 9.84. The van der Waals surface area contributed by atoms with Gasteiger partial charge in [0.25, 0.3) is 0 Å². The van der Waals surface area contributed by atoms with Crippen molar-refractivity contribution in [2.75, 3.05) is 0 Å². The van der Waals surface area contributed by atoms with Crippen LogP contribution < -0.4 is 34.7 Å². The summed E-state index contributed by atoms with van der Waals surface area (Å²) in [5.41, 5.74) is -0.707. The van der Waals surface area contributed by atoms with Gasteiger partial charge in [0.1, 0.15) is 0 Å². The van der Waals surface area contributed by atoms with Crippen LogP contribution >= 0.6 is 0 Å². The topological polar surface area (TPSA) is 103 Å². The molecule has 5 aliphatic rings. The van der Waals surface area contributed by atoms with E-state index in [0.29, 0.717) is 12.3 Å². The van der Waals surface area contributed by atoms with Crippen LogP contribution in [0.15, 0.2) is 0 Å². The number of hydrogen-bond acceptors (Lipinski definition) is 8. The summed E-state index contributed by atoms with van der Waals surface area (Å²) in [5, 5.41) is 10.6. The first kappa shape index (κ1) is 22.5. The largest absolute Gasteiger partial charge is 1.00 e. The SMILES string of the molecule is CC1CCC2[C@@H](C)C(OC(=O)CCC(=O)[O-])OC3O[C@]4(C)CCC1[C@]32OO4.[Na+]. The molecule has 2 bridgehead atoms. The molecule has 4 aliphatic heterocycles. The summed E-state index contributed by atoms with van der Waals surface area (Å²) >= 11 is 0. The van der Waals surface area contributed by atoms with Gasteiger partial charge in [-0.05, 0) is 44.4 Å². The number of aliphatic carboxylic acids is 1. The molecule has 28 heavy (non-hydrogen) atoms. The van der Waals surface area contributed by atoms with Crippen LogP contribution in [0.5, 0.6) is 0 Å². The minimum Gasteiger partial charge on any atom is -0.550 e. The van der Waals surface area contributed by atoms with Crippen molar-refractivity contribution < 1.29 is 68.2 Å². The maximum atomic E-state index is 12.0. The molecular weight excluding hydrogens is 379 g/mol. The molecule has 0 aromatic rings. The monoisotopic (exact) mass is 406 g/mol. The van der Waals surface area contributed by atoms with E-state index in [0.717, 1.165) is 19.3 Å². The van der Waals surface area contributed by atoms with E-state index in [1.165, 1.54) is 0 Å². The number of carboxylic acid groups (broad SMARTS) is 1. The third-order valence-electron chi connectivity index (χ3n) is 6.88. The number of carbonyl (C=O) groups excluding carboxylic acids is 2. The van der Waals surface area contributed by atoms with Gasteiger partial charge in [-0.3, -0.25) is 4.79 Å². The molecule has 1 spiro atoms. The van der Waals surface area contributed by atoms with Crippen molar-refractivity contribution in [2.45, 2.75) is 83.3 Å². The predicted octanol–water partition coefficient (Wildman–Crippen LogP) is -1.73. The molecule has 5 fully saturated rings. The number of fused-ring (bicyclic) bond motifs is 2. The summed E-state index contributed by atoms with van der Waals surface area (Å²) in [4.78, 5) is 34.4. The van der Waals surface area contributed by atoms with E-state index in [9.17, 15) is 14.7 Å². The van der Waals surface area contributed by atoms with Gasteiger partial charge in [-0.15, -0.1) is 0 Å². The molecule has 5 rings (SSSR count). The Morgan fingerprint density at radius 2 is 1.86 bits per heavy atom. The fraction of sp³-hybridized carbons (Fsp3) is 0.895. The van der Waals surface area contributed by atoms with Crippen LogP contribution in [-0.2, 0) is 33.6 Å². The van der Waals surface area contributed by atoms with Crippen LogP contribution in [0.4, 0.5) is 0 Å². The van der Waals surface area contributed by atoms with Crippen molar-refractivity contribution in [1.82, 2.24) is 0 Å². The molecule has 8 nitrogen and oxygen atoms in total. The molecule has 0 amide bonds. The number of carboxylic acids is 1. The van der Waals surface area contributed by atoms with Crippen molar-refractivity contribution in [3.05, 3.63) is 0 Å². The first-order valence-corrected chi connectivity index (χ1v) is 9.84. The van der Waals surface area contributed by atoms with Gasteiger partial charge in [0.05, 0.1) is 6.42 Å². The smallest absolute Gasteiger partial charge is 0.550 e. The van der Waals surface area contributed by atoms with Crippen LogP contribution in [0.25, 0.3) is 0 Å². The summed E-state index contributed by atoms with van der Waals surface area (Å²) in [6.07, 6.45) is 1.48. The van der Waals surface area contributed by atoms with Crippen LogP contribution in [0, 0.1) is 23.7 Å². The summed E-state index contributed by atoms with van der Waals surface area (Å²) in [7, 11) is 0. The fourth-order valence-electron chi connectivity index (χ4n) is 5.40. The summed E-state index contributed by atoms with van der Waals surface area (Å²) in [6.45, 7) is 6.04. The van der Waals surface area contributed by atoms with Gasteiger partial charge >= 0.3 is 35.5 Å². The molecular formula is C19H27NaO8. The number of esters is 1. The Balaban J connectivity index is 0.00000225. The number of rotatable bonds is 4. The second kappa shape index (κ2) is 8.13. The van der Waals surface area contributed by atoms with E-state index in [4.69, 9.17) is 24.0 Å². The van der Waals surface area contributed by atoms with E-state index in [2.05, 4.69) is 6.92 Å². The van der Waals surface area contributed by atoms with Crippen molar-refractivity contribution >= 4 is 11.9 Å². The Bertz CT molecular complexity index is 629. The number of carbonyl (C=O) groups is 2. The Morgan fingerprint density at radius 3 is 2.57 bits per heavy atom. The number of hydrogen-bond donors (Lipinski definition) is 0. The summed E-state index contributed by atoms with van der Waals surface area (Å²) in [5.74, 6) is -2.17. The minimum atomic E-state index is -1.28. The van der Waals surface area contributed by atoms with Crippen molar-refractivity contribution in [2.24, 2.45) is 23.7 Å². The predicted molar refractivity (Wildman–Crippen MR) is 87.2 cm³/mol. The van der Waals surface area contributed by atoms with E-state index in [-0.39, 0.29) is 60.2 Å². The molecule has 8 atom stereocenters. The molecule has 9 heteroatoms. The fourth-order valence-corrected chi connectivity index (χ4v) is 5.40. The van der Waals surface area contributed by atoms with E-state index in [1.54, 1.807) is 0 Å². The standard InChI is InChI=1S/C19H28O8.Na/c1-10-4-5-13-11(2)16(23-15(22)7-6-14(20)21)24-17-19(13)12(10)8-9-18(3,25-17)26-27-19;/h10-13,16-17H,4-9H2,1-3H3,(H,20,21);/q;+1/p-1/t10?,11-,12?,13?,16?,17?,18+,19-;/m1./s1. The summed E-state index contributed by atoms with van der Waals surface area (Å²) in [6, 6.07) is 0. The quantitative estimate of drug-likeness (QED) is 0.308. The van der Waals surface area contributed by atoms with E-state index < -0.39 is 35.9 Å². The zero-order chi connectivity index (χ0) is 19.4. The van der Waals surface area contributed by atoms with E-state index >= 15 is 0 Å². The van der Waals surface area contributed by atoms with Crippen molar-refractivity contribution in [1.29, 1.82) is 0 Å². The first-order chi connectivity index (χ1) is 12.7. The van der Waals surface area contributed by atoms with Gasteiger partial charge in [0.15, 0.2) is 11.9 Å². The van der Waals surface area contributed by atoms with Crippen LogP contribution in [-0.4, -0.2) is 35.9 Å². The van der Waals surface area contributed by atoms with Gasteiger partial charge < -0.3 is 24.1 Å². The second-order valence-electron chi connectivity index (χ2n) is 8.64. The van der Waals surface area contributed by atoms with Crippen LogP contribution in [0.1, 0.15) is 59.3 Å². The Kier molecular flexibility index (Phi) is 6.53. The zero-order valence-electron chi connectivity index (χ0n) is 17.0. The van der Waals surface area contributed by atoms with Gasteiger partial charge in [-0.2, -0.15) is 0 Å². The van der Waals surface area contributed by atoms with Gasteiger partial charge in [0, 0.05) is 24.2 Å². The molecule has 0 N–H and O–H groups in total. The maximum absolute atomic E-state index is 12.0. The second-order valence-corrected chi connectivity index (χ2v) is 8.64. The molecule has 5 unspecified atom stereocenters. The van der Waals surface area contributed by atoms with Crippen LogP contribution in [0.2, 0.25) is 0 Å². The zero-order valence-corrected chi connectivity index (χ0v) is 19.0. The maximum Gasteiger partial charge on any atom is 1.00 e. The molecule has 1 saturated carbocycles. The van der Waals surface area contributed by atoms with Gasteiger partial charge in [-0.25, -0.2) is 9.78 Å². The van der Waals surface area contributed by atoms with Crippen LogP contribution in [0.3, 0.4) is 0 Å². The Morgan fingerprint density at radius 1 is 1.11 bits per heavy atom. The molecule has 0 aromatic heterocycles. The molecule has 0 aromatic carbocycles. The number of ether oxygens (including phenoxy) is 3. The van der Waals surface area contributed by atoms with E-state index in [1.807, 2.05) is 13.8 Å². The molecule has 0 radical (unpaired) electrons. The third-order valence-corrected chi connectivity index (χ3v) is 6.88. The molecule has 1 aliphatic carbocycles. The molecule has 4 heterocycles. The molecule has 152 valence electrons. The third kappa shape index (κ3) is 3.66. The normalized spacial score (nSPS) is 46.7. The Hall–Kier alpha value is -0.220. The average molecular weight is 406 g/mol. The van der Waals surface area contributed by atoms with Crippen molar-refractivity contribution in [3.8, 4) is 0 Å². The molecule has 4 saturated heterocycles. The summed E-state index contributed by atoms with van der Waals surface area (Å²) < 4.78 is 17.7. The van der Waals surface area contributed by atoms with Gasteiger partial charge in [0.2, 0.25) is 12.1 Å². The minimum absolute atomic E-state index is 0. The Labute approximate surface area is 186 Å². The average Bonchev–Trinajstić information content (AvgIpc) is 2.84.